The Hall–Kier alpha value is -2.05. The van der Waals surface area contributed by atoms with Crippen molar-refractivity contribution in [3.63, 3.8) is 0 Å². The van der Waals surface area contributed by atoms with Crippen molar-refractivity contribution < 1.29 is 0 Å². The first-order valence-corrected chi connectivity index (χ1v) is 8.64. The predicted molar refractivity (Wildman–Crippen MR) is 92.7 cm³/mol. The van der Waals surface area contributed by atoms with Gasteiger partial charge in [-0.2, -0.15) is 5.10 Å². The average Bonchev–Trinajstić information content (AvgIpc) is 3.26. The summed E-state index contributed by atoms with van der Waals surface area (Å²) >= 11 is 1.75. The molecule has 3 aromatic rings. The Morgan fingerprint density at radius 3 is 2.65 bits per heavy atom. The first-order valence-electron chi connectivity index (χ1n) is 7.76. The topological polar surface area (TPSA) is 46.8 Å². The van der Waals surface area contributed by atoms with Gasteiger partial charge in [-0.1, -0.05) is 19.1 Å². The van der Waals surface area contributed by atoms with E-state index in [-0.39, 0.29) is 0 Å². The maximum Gasteiger partial charge on any atom is 0.138 e. The van der Waals surface area contributed by atoms with Crippen LogP contribution in [0.25, 0.3) is 5.69 Å². The Morgan fingerprint density at radius 2 is 2.04 bits per heavy atom. The molecule has 6 heteroatoms. The van der Waals surface area contributed by atoms with E-state index in [9.17, 15) is 0 Å². The van der Waals surface area contributed by atoms with Crippen molar-refractivity contribution >= 4 is 11.3 Å². The molecule has 0 aliphatic carbocycles. The summed E-state index contributed by atoms with van der Waals surface area (Å²) < 4.78 is 1.76. The Morgan fingerprint density at radius 1 is 1.26 bits per heavy atom. The maximum absolute atomic E-state index is 4.65. The SMILES string of the molecule is CCc1nc(CN(C)[C@@H](C)c2ccc(-n3cncn3)cc2)cs1. The molecule has 0 amide bonds. The average molecular weight is 327 g/mol. The van der Waals surface area contributed by atoms with Crippen LogP contribution in [-0.2, 0) is 13.0 Å². The zero-order chi connectivity index (χ0) is 16.2. The minimum Gasteiger partial charge on any atom is -0.294 e. The summed E-state index contributed by atoms with van der Waals surface area (Å²) in [7, 11) is 2.14. The van der Waals surface area contributed by atoms with Crippen molar-refractivity contribution in [3.8, 4) is 5.69 Å². The molecular weight excluding hydrogens is 306 g/mol. The highest BCUT2D eigenvalue weighted by Crippen LogP contribution is 2.22. The van der Waals surface area contributed by atoms with Crippen LogP contribution in [0, 0.1) is 0 Å². The number of aryl methyl sites for hydroxylation is 1. The van der Waals surface area contributed by atoms with E-state index >= 15 is 0 Å². The molecule has 0 aliphatic heterocycles. The van der Waals surface area contributed by atoms with Crippen molar-refractivity contribution in [2.45, 2.75) is 32.9 Å². The van der Waals surface area contributed by atoms with E-state index in [2.05, 4.69) is 70.5 Å². The summed E-state index contributed by atoms with van der Waals surface area (Å²) in [4.78, 5) is 10.9. The fourth-order valence-corrected chi connectivity index (χ4v) is 3.21. The van der Waals surface area contributed by atoms with Crippen LogP contribution in [0.15, 0.2) is 42.3 Å². The second-order valence-electron chi connectivity index (χ2n) is 5.61. The maximum atomic E-state index is 4.65. The number of hydrogen-bond acceptors (Lipinski definition) is 5. The molecule has 0 unspecified atom stereocenters. The van der Waals surface area contributed by atoms with Gasteiger partial charge in [0.25, 0.3) is 0 Å². The van der Waals surface area contributed by atoms with Crippen LogP contribution >= 0.6 is 11.3 Å². The third-order valence-electron chi connectivity index (χ3n) is 4.03. The predicted octanol–water partition coefficient (Wildman–Crippen LogP) is 3.48. The fourth-order valence-electron chi connectivity index (χ4n) is 2.48. The van der Waals surface area contributed by atoms with E-state index in [0.29, 0.717) is 6.04 Å². The Bertz CT molecular complexity index is 733. The fraction of sp³-hybridized carbons (Fsp3) is 0.353. The number of benzene rings is 1. The van der Waals surface area contributed by atoms with Crippen molar-refractivity contribution in [2.75, 3.05) is 7.05 Å². The van der Waals surface area contributed by atoms with Crippen molar-refractivity contribution in [2.24, 2.45) is 0 Å². The Kier molecular flexibility index (Phi) is 4.83. The van der Waals surface area contributed by atoms with Crippen LogP contribution in [0.1, 0.15) is 36.2 Å². The zero-order valence-corrected chi connectivity index (χ0v) is 14.5. The number of nitrogens with zero attached hydrogens (tertiary/aromatic N) is 5. The van der Waals surface area contributed by atoms with Gasteiger partial charge < -0.3 is 0 Å². The van der Waals surface area contributed by atoms with Gasteiger partial charge in [-0.05, 0) is 38.1 Å². The van der Waals surface area contributed by atoms with Crippen LogP contribution in [0.2, 0.25) is 0 Å². The van der Waals surface area contributed by atoms with Crippen LogP contribution in [-0.4, -0.2) is 31.7 Å². The highest BCUT2D eigenvalue weighted by Gasteiger charge is 2.13. The standard InChI is InChI=1S/C17H21N5S/c1-4-17-20-15(10-23-17)9-21(3)13(2)14-5-7-16(8-6-14)22-12-18-11-19-22/h5-8,10-13H,4,9H2,1-3H3/t13-/m0/s1. The van der Waals surface area contributed by atoms with Crippen LogP contribution in [0.5, 0.6) is 0 Å². The van der Waals surface area contributed by atoms with E-state index in [0.717, 1.165) is 24.3 Å². The van der Waals surface area contributed by atoms with Gasteiger partial charge in [0, 0.05) is 18.0 Å². The first-order chi connectivity index (χ1) is 11.2. The van der Waals surface area contributed by atoms with Gasteiger partial charge in [-0.3, -0.25) is 4.90 Å². The minimum absolute atomic E-state index is 0.326. The van der Waals surface area contributed by atoms with E-state index in [1.807, 2.05) is 0 Å². The van der Waals surface area contributed by atoms with E-state index in [1.54, 1.807) is 28.7 Å². The molecule has 0 saturated heterocycles. The van der Waals surface area contributed by atoms with Gasteiger partial charge in [0.15, 0.2) is 0 Å². The van der Waals surface area contributed by atoms with Gasteiger partial charge in [-0.15, -0.1) is 11.3 Å². The summed E-state index contributed by atoms with van der Waals surface area (Å²) in [5.74, 6) is 0. The van der Waals surface area contributed by atoms with E-state index in [4.69, 9.17) is 0 Å². The molecule has 1 atom stereocenters. The van der Waals surface area contributed by atoms with Gasteiger partial charge in [0.05, 0.1) is 16.4 Å². The quantitative estimate of drug-likeness (QED) is 0.695. The normalized spacial score (nSPS) is 12.7. The summed E-state index contributed by atoms with van der Waals surface area (Å²) in [6.07, 6.45) is 4.26. The highest BCUT2D eigenvalue weighted by molar-refractivity contribution is 7.09. The van der Waals surface area contributed by atoms with E-state index in [1.165, 1.54) is 10.6 Å². The molecule has 0 fully saturated rings. The zero-order valence-electron chi connectivity index (χ0n) is 13.7. The molecule has 2 heterocycles. The smallest absolute Gasteiger partial charge is 0.138 e. The molecule has 0 saturated carbocycles. The lowest BCUT2D eigenvalue weighted by Gasteiger charge is -2.24. The van der Waals surface area contributed by atoms with Gasteiger partial charge in [-0.25, -0.2) is 14.6 Å². The first kappa shape index (κ1) is 15.8. The van der Waals surface area contributed by atoms with Gasteiger partial charge >= 0.3 is 0 Å². The monoisotopic (exact) mass is 327 g/mol. The number of aromatic nitrogens is 4. The minimum atomic E-state index is 0.326. The summed E-state index contributed by atoms with van der Waals surface area (Å²) in [6.45, 7) is 5.23. The molecule has 2 aromatic heterocycles. The molecule has 0 aliphatic rings. The lowest BCUT2D eigenvalue weighted by molar-refractivity contribution is 0.250. The van der Waals surface area contributed by atoms with Crippen molar-refractivity contribution in [3.05, 3.63) is 58.6 Å². The molecule has 5 nitrogen and oxygen atoms in total. The molecule has 23 heavy (non-hydrogen) atoms. The van der Waals surface area contributed by atoms with Gasteiger partial charge in [0.1, 0.15) is 12.7 Å². The third-order valence-corrected chi connectivity index (χ3v) is 5.08. The Balaban J connectivity index is 1.68. The summed E-state index contributed by atoms with van der Waals surface area (Å²) in [6, 6.07) is 8.78. The molecule has 0 N–H and O–H groups in total. The molecule has 3 rings (SSSR count). The van der Waals surface area contributed by atoms with Crippen LogP contribution in [0.3, 0.4) is 0 Å². The molecule has 1 aromatic carbocycles. The lowest BCUT2D eigenvalue weighted by atomic mass is 10.1. The largest absolute Gasteiger partial charge is 0.294 e. The van der Waals surface area contributed by atoms with E-state index < -0.39 is 0 Å². The summed E-state index contributed by atoms with van der Waals surface area (Å²) in [5, 5.41) is 7.52. The van der Waals surface area contributed by atoms with Gasteiger partial charge in [0.2, 0.25) is 0 Å². The molecule has 0 radical (unpaired) electrons. The second kappa shape index (κ2) is 7.02. The highest BCUT2D eigenvalue weighted by atomic mass is 32.1. The van der Waals surface area contributed by atoms with Crippen molar-refractivity contribution in [1.29, 1.82) is 0 Å². The second-order valence-corrected chi connectivity index (χ2v) is 6.55. The third kappa shape index (κ3) is 3.65. The number of rotatable bonds is 6. The van der Waals surface area contributed by atoms with Crippen molar-refractivity contribution in [1.82, 2.24) is 24.6 Å². The molecular formula is C17H21N5S. The van der Waals surface area contributed by atoms with Crippen LogP contribution in [0.4, 0.5) is 0 Å². The molecule has 0 bridgehead atoms. The number of hydrogen-bond donors (Lipinski definition) is 0. The Labute approximate surface area is 140 Å². The number of thiazole rings is 1. The summed E-state index contributed by atoms with van der Waals surface area (Å²) in [5.41, 5.74) is 3.45. The molecule has 0 spiro atoms. The molecule has 120 valence electrons. The lowest BCUT2D eigenvalue weighted by Crippen LogP contribution is -2.22. The van der Waals surface area contributed by atoms with Crippen LogP contribution < -0.4 is 0 Å².